The summed E-state index contributed by atoms with van der Waals surface area (Å²) < 4.78 is 25.6. The first-order chi connectivity index (χ1) is 6.56. The van der Waals surface area contributed by atoms with E-state index in [1.165, 1.54) is 12.3 Å². The molecule has 0 amide bonds. The van der Waals surface area contributed by atoms with Crippen LogP contribution in [0.25, 0.3) is 0 Å². The zero-order valence-corrected chi connectivity index (χ0v) is 8.71. The van der Waals surface area contributed by atoms with Crippen molar-refractivity contribution in [1.82, 2.24) is 14.9 Å². The van der Waals surface area contributed by atoms with Crippen molar-refractivity contribution in [2.75, 3.05) is 0 Å². The van der Waals surface area contributed by atoms with Gasteiger partial charge >= 0.3 is 0 Å². The lowest BCUT2D eigenvalue weighted by atomic mass is 10.3. The zero-order valence-electron chi connectivity index (χ0n) is 7.90. The molecule has 1 rings (SSSR count). The van der Waals surface area contributed by atoms with Crippen molar-refractivity contribution in [1.29, 1.82) is 0 Å². The average Bonchev–Trinajstić information content (AvgIpc) is 2.54. The van der Waals surface area contributed by atoms with Crippen molar-refractivity contribution in [2.45, 2.75) is 24.4 Å². The quantitative estimate of drug-likeness (QED) is 0.708. The molecule has 1 atom stereocenters. The number of nitrogens with zero attached hydrogens (tertiary/aromatic N) is 1. The molecule has 0 spiro atoms. The molecule has 0 saturated carbocycles. The predicted molar refractivity (Wildman–Crippen MR) is 53.2 cm³/mol. The fraction of sp³-hybridized carbons (Fsp3) is 0.375. The molecule has 0 radical (unpaired) electrons. The first-order valence-electron chi connectivity index (χ1n) is 4.19. The Balaban J connectivity index is 2.73. The van der Waals surface area contributed by atoms with E-state index in [1.54, 1.807) is 13.0 Å². The zero-order chi connectivity index (χ0) is 10.6. The lowest BCUT2D eigenvalue weighted by molar-refractivity contribution is 0.558. The van der Waals surface area contributed by atoms with Crippen LogP contribution in [-0.4, -0.2) is 24.7 Å². The van der Waals surface area contributed by atoms with Gasteiger partial charge in [0.1, 0.15) is 0 Å². The minimum absolute atomic E-state index is 0.0772. The van der Waals surface area contributed by atoms with Crippen molar-refractivity contribution in [3.63, 3.8) is 0 Å². The summed E-state index contributed by atoms with van der Waals surface area (Å²) in [7, 11) is -3.45. The van der Waals surface area contributed by atoms with Crippen LogP contribution >= 0.6 is 0 Å². The molecular formula is C8H13N3O2S. The van der Waals surface area contributed by atoms with Crippen LogP contribution in [0.4, 0.5) is 0 Å². The molecule has 6 heteroatoms. The van der Waals surface area contributed by atoms with E-state index in [9.17, 15) is 8.42 Å². The van der Waals surface area contributed by atoms with E-state index in [-0.39, 0.29) is 11.1 Å². The molecule has 1 aromatic heterocycles. The largest absolute Gasteiger partial charge is 0.266 e. The second-order valence-electron chi connectivity index (χ2n) is 2.97. The maximum absolute atomic E-state index is 11.6. The monoisotopic (exact) mass is 215 g/mol. The van der Waals surface area contributed by atoms with Crippen molar-refractivity contribution in [3.05, 3.63) is 24.9 Å². The van der Waals surface area contributed by atoms with Crippen molar-refractivity contribution >= 4 is 10.0 Å². The molecular weight excluding hydrogens is 202 g/mol. The van der Waals surface area contributed by atoms with Crippen LogP contribution in [0, 0.1) is 0 Å². The van der Waals surface area contributed by atoms with Crippen molar-refractivity contribution in [3.8, 4) is 0 Å². The fourth-order valence-corrected chi connectivity index (χ4v) is 2.19. The maximum atomic E-state index is 11.6. The van der Waals surface area contributed by atoms with Gasteiger partial charge in [-0.1, -0.05) is 6.08 Å². The highest BCUT2D eigenvalue weighted by atomic mass is 32.2. The summed E-state index contributed by atoms with van der Waals surface area (Å²) >= 11 is 0. The third-order valence-corrected chi connectivity index (χ3v) is 3.16. The van der Waals surface area contributed by atoms with Crippen LogP contribution < -0.4 is 4.72 Å². The molecule has 78 valence electrons. The summed E-state index contributed by atoms with van der Waals surface area (Å²) in [6.07, 6.45) is 3.65. The van der Waals surface area contributed by atoms with E-state index in [1.807, 2.05) is 0 Å². The van der Waals surface area contributed by atoms with Crippen LogP contribution in [0.15, 0.2) is 29.9 Å². The number of nitrogens with one attached hydrogen (secondary N) is 2. The van der Waals surface area contributed by atoms with E-state index in [0.29, 0.717) is 6.42 Å². The topological polar surface area (TPSA) is 74.8 Å². The van der Waals surface area contributed by atoms with Gasteiger partial charge in [0.05, 0.1) is 6.20 Å². The molecule has 14 heavy (non-hydrogen) atoms. The Kier molecular flexibility index (Phi) is 3.43. The van der Waals surface area contributed by atoms with Gasteiger partial charge in [-0.3, -0.25) is 5.10 Å². The lowest BCUT2D eigenvalue weighted by Crippen LogP contribution is -2.32. The molecule has 0 aromatic carbocycles. The highest BCUT2D eigenvalue weighted by molar-refractivity contribution is 7.89. The summed E-state index contributed by atoms with van der Waals surface area (Å²) in [6.45, 7) is 5.31. The Hall–Kier alpha value is -1.14. The molecule has 0 aliphatic rings. The number of aromatic nitrogens is 2. The number of hydrogen-bond donors (Lipinski definition) is 2. The predicted octanol–water partition coefficient (Wildman–Crippen LogP) is 0.653. The highest BCUT2D eigenvalue weighted by Gasteiger charge is 2.17. The van der Waals surface area contributed by atoms with E-state index < -0.39 is 10.0 Å². The van der Waals surface area contributed by atoms with Crippen molar-refractivity contribution in [2.24, 2.45) is 0 Å². The minimum atomic E-state index is -3.45. The molecule has 1 unspecified atom stereocenters. The SMILES string of the molecule is C=CCC(C)NS(=O)(=O)c1ccn[nH]1. The second-order valence-corrected chi connectivity index (χ2v) is 4.65. The van der Waals surface area contributed by atoms with Gasteiger partial charge in [0.25, 0.3) is 10.0 Å². The second kappa shape index (κ2) is 4.39. The molecule has 5 nitrogen and oxygen atoms in total. The van der Waals surface area contributed by atoms with Crippen molar-refractivity contribution < 1.29 is 8.42 Å². The molecule has 0 aliphatic heterocycles. The summed E-state index contributed by atoms with van der Waals surface area (Å²) in [4.78, 5) is 0. The first kappa shape index (κ1) is 10.9. The Labute approximate surface area is 83.3 Å². The van der Waals surface area contributed by atoms with Gasteiger partial charge in [-0.25, -0.2) is 13.1 Å². The molecule has 0 aliphatic carbocycles. The molecule has 0 fully saturated rings. The molecule has 0 bridgehead atoms. The van der Waals surface area contributed by atoms with Gasteiger partial charge in [0, 0.05) is 6.04 Å². The minimum Gasteiger partial charge on any atom is -0.266 e. The van der Waals surface area contributed by atoms with E-state index in [4.69, 9.17) is 0 Å². The molecule has 2 N–H and O–H groups in total. The number of hydrogen-bond acceptors (Lipinski definition) is 3. The molecule has 1 aromatic rings. The Bertz CT molecular complexity index is 383. The van der Waals surface area contributed by atoms with Gasteiger partial charge in [-0.15, -0.1) is 6.58 Å². The first-order valence-corrected chi connectivity index (χ1v) is 5.67. The fourth-order valence-electron chi connectivity index (χ4n) is 1.02. The van der Waals surface area contributed by atoms with Gasteiger partial charge < -0.3 is 0 Å². The van der Waals surface area contributed by atoms with Crippen LogP contribution in [-0.2, 0) is 10.0 Å². The van der Waals surface area contributed by atoms with E-state index in [2.05, 4.69) is 21.5 Å². The number of aromatic amines is 1. The number of rotatable bonds is 5. The number of sulfonamides is 1. The Morgan fingerprint density at radius 3 is 3.00 bits per heavy atom. The standard InChI is InChI=1S/C8H13N3O2S/c1-3-4-7(2)11-14(12,13)8-5-6-9-10-8/h3,5-7,11H,1,4H2,2H3,(H,9,10). The van der Waals surface area contributed by atoms with Crippen LogP contribution in [0.2, 0.25) is 0 Å². The Morgan fingerprint density at radius 2 is 2.50 bits per heavy atom. The summed E-state index contributed by atoms with van der Waals surface area (Å²) in [5.41, 5.74) is 0. The smallest absolute Gasteiger partial charge is 0.257 e. The molecule has 1 heterocycles. The third kappa shape index (κ3) is 2.68. The van der Waals surface area contributed by atoms with Gasteiger partial charge in [0.2, 0.25) is 0 Å². The number of H-pyrrole nitrogens is 1. The Morgan fingerprint density at radius 1 is 1.79 bits per heavy atom. The summed E-state index contributed by atoms with van der Waals surface area (Å²) in [6, 6.07) is 1.24. The third-order valence-electron chi connectivity index (χ3n) is 1.64. The van der Waals surface area contributed by atoms with E-state index in [0.717, 1.165) is 0 Å². The molecule has 0 saturated heterocycles. The maximum Gasteiger partial charge on any atom is 0.257 e. The normalized spacial score (nSPS) is 13.8. The van der Waals surface area contributed by atoms with Gasteiger partial charge in [0.15, 0.2) is 5.03 Å². The summed E-state index contributed by atoms with van der Waals surface area (Å²) in [5.74, 6) is 0. The van der Waals surface area contributed by atoms with Crippen LogP contribution in [0.3, 0.4) is 0 Å². The van der Waals surface area contributed by atoms with Gasteiger partial charge in [-0.2, -0.15) is 5.10 Å². The average molecular weight is 215 g/mol. The van der Waals surface area contributed by atoms with E-state index >= 15 is 0 Å². The highest BCUT2D eigenvalue weighted by Crippen LogP contribution is 2.04. The lowest BCUT2D eigenvalue weighted by Gasteiger charge is -2.10. The summed E-state index contributed by atoms with van der Waals surface area (Å²) in [5, 5.41) is 6.05. The van der Waals surface area contributed by atoms with Gasteiger partial charge in [-0.05, 0) is 19.4 Å². The van der Waals surface area contributed by atoms with Crippen LogP contribution in [0.1, 0.15) is 13.3 Å². The van der Waals surface area contributed by atoms with Crippen LogP contribution in [0.5, 0.6) is 0 Å².